The van der Waals surface area contributed by atoms with Gasteiger partial charge in [0, 0.05) is 25.2 Å². The van der Waals surface area contributed by atoms with Crippen LogP contribution >= 0.6 is 0 Å². The van der Waals surface area contributed by atoms with E-state index in [1.54, 1.807) is 20.8 Å². The summed E-state index contributed by atoms with van der Waals surface area (Å²) >= 11 is 0. The number of fused-ring (bicyclic) bond motifs is 1. The number of hydrogen-bond donors (Lipinski definition) is 3. The summed E-state index contributed by atoms with van der Waals surface area (Å²) < 4.78 is 15.4. The van der Waals surface area contributed by atoms with Gasteiger partial charge in [0.05, 0.1) is 0 Å². The van der Waals surface area contributed by atoms with Gasteiger partial charge in [-0.3, -0.25) is 14.4 Å². The van der Waals surface area contributed by atoms with Gasteiger partial charge < -0.3 is 30.2 Å². The third kappa shape index (κ3) is 16.8. The van der Waals surface area contributed by atoms with Crippen LogP contribution in [0.1, 0.15) is 73.6 Å². The van der Waals surface area contributed by atoms with E-state index in [9.17, 15) is 14.4 Å². The Labute approximate surface area is 252 Å². The normalized spacial score (nSPS) is 17.3. The van der Waals surface area contributed by atoms with Gasteiger partial charge in [0.1, 0.15) is 11.6 Å². The van der Waals surface area contributed by atoms with Crippen LogP contribution in [0.15, 0.2) is 59.8 Å². The van der Waals surface area contributed by atoms with E-state index < -0.39 is 17.6 Å². The number of rotatable bonds is 9. The molecule has 0 aliphatic carbocycles. The van der Waals surface area contributed by atoms with Gasteiger partial charge in [-0.15, -0.1) is 12.8 Å². The molecule has 2 amide bonds. The summed E-state index contributed by atoms with van der Waals surface area (Å²) in [5, 5.41) is 8.72. The molecule has 0 bridgehead atoms. The summed E-state index contributed by atoms with van der Waals surface area (Å²) in [6, 6.07) is 6.87. The molecular formula is C33H49N3O6. The van der Waals surface area contributed by atoms with Crippen molar-refractivity contribution in [3.05, 3.63) is 59.8 Å². The van der Waals surface area contributed by atoms with E-state index in [2.05, 4.69) is 53.1 Å². The number of para-hydroxylation sites is 2. The minimum Gasteiger partial charge on any atom is -0.460 e. The maximum absolute atomic E-state index is 12.4. The van der Waals surface area contributed by atoms with Crippen molar-refractivity contribution in [3.63, 3.8) is 0 Å². The van der Waals surface area contributed by atoms with Gasteiger partial charge in [-0.1, -0.05) is 50.3 Å². The first kappa shape index (κ1) is 37.8. The highest BCUT2D eigenvalue weighted by molar-refractivity contribution is 5.84. The van der Waals surface area contributed by atoms with E-state index in [4.69, 9.17) is 14.2 Å². The molecule has 9 heteroatoms. The second kappa shape index (κ2) is 22.5. The lowest BCUT2D eigenvalue weighted by atomic mass is 10.0. The number of nitrogens with one attached hydrogen (secondary N) is 3. The number of carbonyl (C=O) groups is 3. The van der Waals surface area contributed by atoms with E-state index in [0.29, 0.717) is 26.2 Å². The highest BCUT2D eigenvalue weighted by Crippen LogP contribution is 2.30. The molecule has 0 unspecified atom stereocenters. The van der Waals surface area contributed by atoms with Crippen molar-refractivity contribution in [3.8, 4) is 24.3 Å². The van der Waals surface area contributed by atoms with Crippen molar-refractivity contribution in [2.45, 2.75) is 85.3 Å². The lowest BCUT2D eigenvalue weighted by molar-refractivity contribution is -0.155. The van der Waals surface area contributed by atoms with E-state index in [-0.39, 0.29) is 18.7 Å². The predicted molar refractivity (Wildman–Crippen MR) is 168 cm³/mol. The SMILES string of the molecule is C#C.C/C1=C(\CCNC(=O)[C@H](CCC(=O)OC(C)(C)C)NC=O)C/C=C\C/C=C\CN1.CC.c1ccc2c(c1)OCO2. The molecule has 0 fully saturated rings. The Bertz CT molecular complexity index is 1030. The third-order valence-corrected chi connectivity index (χ3v) is 5.63. The molecule has 1 atom stereocenters. The first-order valence-electron chi connectivity index (χ1n) is 14.3. The second-order valence-electron chi connectivity index (χ2n) is 9.85. The number of ether oxygens (including phenoxy) is 3. The van der Waals surface area contributed by atoms with Crippen LogP contribution in [0.25, 0.3) is 0 Å². The van der Waals surface area contributed by atoms with Crippen molar-refractivity contribution in [1.82, 2.24) is 16.0 Å². The first-order valence-corrected chi connectivity index (χ1v) is 14.3. The van der Waals surface area contributed by atoms with Crippen LogP contribution in [0, 0.1) is 12.8 Å². The van der Waals surface area contributed by atoms with Crippen LogP contribution in [0.5, 0.6) is 11.5 Å². The van der Waals surface area contributed by atoms with Gasteiger partial charge in [-0.05, 0) is 71.1 Å². The Morgan fingerprint density at radius 2 is 1.69 bits per heavy atom. The largest absolute Gasteiger partial charge is 0.460 e. The second-order valence-corrected chi connectivity index (χ2v) is 9.85. The predicted octanol–water partition coefficient (Wildman–Crippen LogP) is 5.19. The zero-order valence-corrected chi connectivity index (χ0v) is 26.0. The number of allylic oxidation sites excluding steroid dienone is 4. The van der Waals surface area contributed by atoms with Crippen molar-refractivity contribution in [1.29, 1.82) is 0 Å². The molecule has 2 aliphatic heterocycles. The molecule has 2 aliphatic rings. The molecular weight excluding hydrogens is 534 g/mol. The molecule has 3 rings (SSSR count). The molecule has 0 radical (unpaired) electrons. The van der Waals surface area contributed by atoms with Crippen molar-refractivity contribution in [2.75, 3.05) is 19.9 Å². The van der Waals surface area contributed by atoms with Gasteiger partial charge in [-0.25, -0.2) is 0 Å². The van der Waals surface area contributed by atoms with E-state index in [1.807, 2.05) is 45.0 Å². The zero-order valence-electron chi connectivity index (χ0n) is 26.0. The zero-order chi connectivity index (χ0) is 31.8. The van der Waals surface area contributed by atoms with E-state index in [1.165, 1.54) is 5.57 Å². The van der Waals surface area contributed by atoms with Gasteiger partial charge in [-0.2, -0.15) is 0 Å². The van der Waals surface area contributed by atoms with Crippen LogP contribution in [0.2, 0.25) is 0 Å². The fourth-order valence-electron chi connectivity index (χ4n) is 3.69. The summed E-state index contributed by atoms with van der Waals surface area (Å²) in [4.78, 5) is 35.2. The lowest BCUT2D eigenvalue weighted by Gasteiger charge is -2.21. The lowest BCUT2D eigenvalue weighted by Crippen LogP contribution is -2.44. The molecule has 3 N–H and O–H groups in total. The molecule has 0 aromatic heterocycles. The summed E-state index contributed by atoms with van der Waals surface area (Å²) in [7, 11) is 0. The smallest absolute Gasteiger partial charge is 0.306 e. The Morgan fingerprint density at radius 3 is 2.29 bits per heavy atom. The Kier molecular flexibility index (Phi) is 20.2. The molecule has 0 saturated heterocycles. The summed E-state index contributed by atoms with van der Waals surface area (Å²) in [5.74, 6) is 0.998. The minimum atomic E-state index is -0.762. The first-order chi connectivity index (χ1) is 20.2. The Balaban J connectivity index is 0.00000106. The number of benzene rings is 1. The molecule has 1 aromatic rings. The Morgan fingerprint density at radius 1 is 1.07 bits per heavy atom. The third-order valence-electron chi connectivity index (χ3n) is 5.63. The monoisotopic (exact) mass is 583 g/mol. The molecule has 9 nitrogen and oxygen atoms in total. The van der Waals surface area contributed by atoms with Crippen LogP contribution in [0.4, 0.5) is 0 Å². The average Bonchev–Trinajstić information content (AvgIpc) is 3.46. The summed E-state index contributed by atoms with van der Waals surface area (Å²) in [6.45, 7) is 13.0. The average molecular weight is 584 g/mol. The van der Waals surface area contributed by atoms with Gasteiger partial charge in [0.2, 0.25) is 19.1 Å². The maximum Gasteiger partial charge on any atom is 0.306 e. The topological polar surface area (TPSA) is 115 Å². The van der Waals surface area contributed by atoms with E-state index in [0.717, 1.165) is 36.6 Å². The molecule has 42 heavy (non-hydrogen) atoms. The number of amides is 2. The van der Waals surface area contributed by atoms with Crippen molar-refractivity contribution < 1.29 is 28.6 Å². The van der Waals surface area contributed by atoms with E-state index >= 15 is 0 Å². The van der Waals surface area contributed by atoms with Crippen LogP contribution < -0.4 is 25.4 Å². The number of terminal acetylenes is 1. The number of esters is 1. The number of hydrogen-bond acceptors (Lipinski definition) is 7. The minimum absolute atomic E-state index is 0.0582. The van der Waals surface area contributed by atoms with Gasteiger partial charge in [0.15, 0.2) is 11.5 Å². The highest BCUT2D eigenvalue weighted by Gasteiger charge is 2.22. The fraction of sp³-hybridized carbons (Fsp3) is 0.485. The molecule has 232 valence electrons. The van der Waals surface area contributed by atoms with Crippen LogP contribution in [0.3, 0.4) is 0 Å². The van der Waals surface area contributed by atoms with Crippen molar-refractivity contribution >= 4 is 18.3 Å². The van der Waals surface area contributed by atoms with Crippen molar-refractivity contribution in [2.24, 2.45) is 0 Å². The quantitative estimate of drug-likeness (QED) is 0.159. The molecule has 2 heterocycles. The highest BCUT2D eigenvalue weighted by atomic mass is 16.7. The summed E-state index contributed by atoms with van der Waals surface area (Å²) in [6.07, 6.45) is 19.7. The molecule has 0 saturated carbocycles. The molecule has 0 spiro atoms. The Hall–Kier alpha value is -4.19. The standard InChI is InChI=1S/C22H35N3O4.C7H6O2.C2H6.C2H2/c1-17-18(10-8-6-5-7-9-14-23-17)13-15-24-21(28)19(25-16-26)11-12-20(27)29-22(2,3)4;1-2-4-7-6(3-1)8-5-9-7;2*1-2/h6-9,16,19,23H,5,10-15H2,1-4H3,(H,24,28)(H,25,26);1-4H,5H2;1-2H3;1-2H/b8-6-,9-7-,18-17+;;;/t19-;;;/m0.../s1. The van der Waals surface area contributed by atoms with Gasteiger partial charge >= 0.3 is 5.97 Å². The van der Waals surface area contributed by atoms with Crippen LogP contribution in [-0.2, 0) is 19.1 Å². The summed E-state index contributed by atoms with van der Waals surface area (Å²) in [5.41, 5.74) is 1.76. The van der Waals surface area contributed by atoms with Gasteiger partial charge in [0.25, 0.3) is 0 Å². The fourth-order valence-corrected chi connectivity index (χ4v) is 3.69. The maximum atomic E-state index is 12.4. The van der Waals surface area contributed by atoms with Crippen LogP contribution in [-0.4, -0.2) is 49.8 Å². The molecule has 1 aromatic carbocycles. The number of carbonyl (C=O) groups excluding carboxylic acids is 3.